The van der Waals surface area contributed by atoms with Gasteiger partial charge in [-0.3, -0.25) is 0 Å². The Balaban J connectivity index is 1.08. The zero-order valence-corrected chi connectivity index (χ0v) is 32.1. The van der Waals surface area contributed by atoms with Crippen molar-refractivity contribution in [3.8, 4) is 45.3 Å². The quantitative estimate of drug-likeness (QED) is 0.163. The second-order valence-corrected chi connectivity index (χ2v) is 15.6. The number of benzene rings is 9. The minimum absolute atomic E-state index is 0.114. The summed E-state index contributed by atoms with van der Waals surface area (Å²) in [7, 11) is 0. The Morgan fingerprint density at radius 3 is 1.30 bits per heavy atom. The number of fused-ring (bicyclic) bond motifs is 10. The van der Waals surface area contributed by atoms with Crippen LogP contribution in [0.25, 0.3) is 66.1 Å². The average molecular weight is 770 g/mol. The fraction of sp³-hybridized carbons (Fsp3) is 0. The van der Waals surface area contributed by atoms with Gasteiger partial charge in [0.15, 0.2) is 11.2 Å². The van der Waals surface area contributed by atoms with Gasteiger partial charge < -0.3 is 23.2 Å². The van der Waals surface area contributed by atoms with Crippen molar-refractivity contribution in [3.63, 3.8) is 0 Å². The first-order valence-electron chi connectivity index (χ1n) is 20.3. The van der Waals surface area contributed by atoms with E-state index in [1.54, 1.807) is 0 Å². The van der Waals surface area contributed by atoms with Crippen molar-refractivity contribution in [1.29, 1.82) is 0 Å². The third-order valence-corrected chi connectivity index (χ3v) is 12.2. The Morgan fingerprint density at radius 1 is 0.350 bits per heavy atom. The summed E-state index contributed by atoms with van der Waals surface area (Å²) >= 11 is 0. The van der Waals surface area contributed by atoms with Crippen LogP contribution < -0.4 is 30.8 Å². The van der Waals surface area contributed by atoms with E-state index in [1.165, 1.54) is 0 Å². The van der Waals surface area contributed by atoms with Crippen molar-refractivity contribution >= 4 is 84.0 Å². The second kappa shape index (κ2) is 12.8. The van der Waals surface area contributed by atoms with Crippen molar-refractivity contribution in [2.45, 2.75) is 0 Å². The summed E-state index contributed by atoms with van der Waals surface area (Å²) < 4.78 is 27.6. The number of rotatable bonds is 5. The first-order valence-corrected chi connectivity index (χ1v) is 20.3. The predicted molar refractivity (Wildman–Crippen MR) is 244 cm³/mol. The molecule has 13 rings (SSSR count). The number of furan rings is 2. The molecular weight excluding hydrogens is 737 g/mol. The molecule has 9 aromatic carbocycles. The summed E-state index contributed by atoms with van der Waals surface area (Å²) in [4.78, 5) is 2.24. The lowest BCUT2D eigenvalue weighted by Gasteiger charge is -2.35. The largest absolute Gasteiger partial charge is 0.458 e. The van der Waals surface area contributed by atoms with Gasteiger partial charge in [-0.05, 0) is 69.6 Å². The molecule has 0 fully saturated rings. The molecule has 280 valence electrons. The Hall–Kier alpha value is -7.96. The molecule has 2 aromatic heterocycles. The highest BCUT2D eigenvalue weighted by atomic mass is 16.5. The molecule has 0 unspecified atom stereocenters. The third-order valence-electron chi connectivity index (χ3n) is 12.2. The molecule has 0 spiro atoms. The summed E-state index contributed by atoms with van der Waals surface area (Å²) in [5.41, 5.74) is 13.4. The molecule has 0 radical (unpaired) electrons. The molecular formula is C54H32BNO4. The topological polar surface area (TPSA) is 48.0 Å². The number of hydrogen-bond acceptors (Lipinski definition) is 5. The molecule has 2 aliphatic heterocycles. The Morgan fingerprint density at radius 2 is 0.800 bits per heavy atom. The number of para-hydroxylation sites is 4. The minimum atomic E-state index is -0.114. The van der Waals surface area contributed by atoms with Gasteiger partial charge in [-0.15, -0.1) is 0 Å². The van der Waals surface area contributed by atoms with Crippen LogP contribution in [0.2, 0.25) is 0 Å². The summed E-state index contributed by atoms with van der Waals surface area (Å²) in [6, 6.07) is 67.5. The van der Waals surface area contributed by atoms with Crippen LogP contribution in [0.4, 0.5) is 17.1 Å². The lowest BCUT2D eigenvalue weighted by atomic mass is 9.34. The summed E-state index contributed by atoms with van der Waals surface area (Å²) in [5.74, 6) is 3.12. The molecule has 5 nitrogen and oxygen atoms in total. The van der Waals surface area contributed by atoms with Gasteiger partial charge >= 0.3 is 0 Å². The van der Waals surface area contributed by atoms with Gasteiger partial charge in [-0.25, -0.2) is 0 Å². The Labute approximate surface area is 345 Å². The van der Waals surface area contributed by atoms with Crippen molar-refractivity contribution in [2.75, 3.05) is 4.90 Å². The van der Waals surface area contributed by atoms with Crippen LogP contribution in [0.5, 0.6) is 23.0 Å². The van der Waals surface area contributed by atoms with Gasteiger partial charge in [-0.2, -0.15) is 0 Å². The van der Waals surface area contributed by atoms with Gasteiger partial charge in [0.25, 0.3) is 6.71 Å². The molecule has 4 heterocycles. The SMILES string of the molecule is c1ccc(-c2ccc3c(c2)Oc2cc(N(c4cccc5c4oc4ccccc45)c4cccc5c4oc4ccccc45)cc4c2B3c2ccc(-c3ccccc3)cc2O4)cc1. The van der Waals surface area contributed by atoms with Gasteiger partial charge in [0.2, 0.25) is 0 Å². The van der Waals surface area contributed by atoms with E-state index in [9.17, 15) is 0 Å². The van der Waals surface area contributed by atoms with Gasteiger partial charge in [0.1, 0.15) is 34.2 Å². The van der Waals surface area contributed by atoms with Crippen LogP contribution in [-0.2, 0) is 0 Å². The summed E-state index contributed by atoms with van der Waals surface area (Å²) in [6.45, 7) is -0.114. The fourth-order valence-electron chi connectivity index (χ4n) is 9.45. The van der Waals surface area contributed by atoms with Crippen LogP contribution >= 0.6 is 0 Å². The maximum absolute atomic E-state index is 7.07. The van der Waals surface area contributed by atoms with Gasteiger partial charge in [0, 0.05) is 39.1 Å². The summed E-state index contributed by atoms with van der Waals surface area (Å²) in [6.07, 6.45) is 0. The van der Waals surface area contributed by atoms with E-state index in [4.69, 9.17) is 18.3 Å². The van der Waals surface area contributed by atoms with E-state index >= 15 is 0 Å². The second-order valence-electron chi connectivity index (χ2n) is 15.6. The van der Waals surface area contributed by atoms with Crippen molar-refractivity contribution in [2.24, 2.45) is 0 Å². The average Bonchev–Trinajstić information content (AvgIpc) is 3.89. The van der Waals surface area contributed by atoms with Crippen LogP contribution in [0, 0.1) is 0 Å². The van der Waals surface area contributed by atoms with E-state index in [1.807, 2.05) is 36.4 Å². The summed E-state index contributed by atoms with van der Waals surface area (Å²) in [5, 5.41) is 4.17. The van der Waals surface area contributed by atoms with Crippen LogP contribution in [0.1, 0.15) is 0 Å². The van der Waals surface area contributed by atoms with Crippen molar-refractivity contribution in [1.82, 2.24) is 0 Å². The molecule has 0 amide bonds. The van der Waals surface area contributed by atoms with Crippen LogP contribution in [0.15, 0.2) is 203 Å². The zero-order chi connectivity index (χ0) is 39.3. The highest BCUT2D eigenvalue weighted by molar-refractivity contribution is 6.98. The van der Waals surface area contributed by atoms with Gasteiger partial charge in [-0.1, -0.05) is 146 Å². The van der Waals surface area contributed by atoms with E-state index in [0.717, 1.165) is 123 Å². The molecule has 6 heteroatoms. The van der Waals surface area contributed by atoms with Crippen LogP contribution in [0.3, 0.4) is 0 Å². The zero-order valence-electron chi connectivity index (χ0n) is 32.1. The highest BCUT2D eigenvalue weighted by Crippen LogP contribution is 2.48. The predicted octanol–water partition coefficient (Wildman–Crippen LogP) is 13.0. The maximum Gasteiger partial charge on any atom is 0.260 e. The molecule has 0 saturated carbocycles. The minimum Gasteiger partial charge on any atom is -0.458 e. The Bertz CT molecular complexity index is 3290. The molecule has 0 saturated heterocycles. The number of hydrogen-bond donors (Lipinski definition) is 0. The molecule has 11 aromatic rings. The third kappa shape index (κ3) is 4.94. The van der Waals surface area contributed by atoms with E-state index in [-0.39, 0.29) is 6.71 Å². The number of nitrogens with zero attached hydrogens (tertiary/aromatic N) is 1. The Kier molecular flexibility index (Phi) is 7.04. The molecule has 2 aliphatic rings. The van der Waals surface area contributed by atoms with E-state index < -0.39 is 0 Å². The number of anilines is 3. The first-order chi connectivity index (χ1) is 29.7. The smallest absolute Gasteiger partial charge is 0.260 e. The molecule has 0 aliphatic carbocycles. The van der Waals surface area contributed by atoms with E-state index in [2.05, 4.69) is 163 Å². The van der Waals surface area contributed by atoms with Gasteiger partial charge in [0.05, 0.1) is 17.1 Å². The normalized spacial score (nSPS) is 12.6. The molecule has 0 bridgehead atoms. The number of ether oxygens (including phenoxy) is 2. The standard InChI is InChI=1S/C54H32BNO4/c1-3-13-33(14-4-1)35-25-27-42-48(29-35)57-50-31-37(32-51-52(50)55(42)43-28-26-36(30-49(43)58-51)34-15-5-2-6-16-34)56(44-21-11-19-40-38-17-7-9-23-46(38)59-53(40)44)45-22-12-20-41-39-18-8-10-24-47(39)60-54(41)45/h1-32H. The first kappa shape index (κ1) is 33.1. The lowest BCUT2D eigenvalue weighted by molar-refractivity contribution is 0.465. The maximum atomic E-state index is 7.07. The molecule has 60 heavy (non-hydrogen) atoms. The fourth-order valence-corrected chi connectivity index (χ4v) is 9.45. The molecule has 0 atom stereocenters. The molecule has 0 N–H and O–H groups in total. The van der Waals surface area contributed by atoms with Crippen molar-refractivity contribution in [3.05, 3.63) is 194 Å². The van der Waals surface area contributed by atoms with E-state index in [0.29, 0.717) is 0 Å². The lowest BCUT2D eigenvalue weighted by Crippen LogP contribution is -2.57. The monoisotopic (exact) mass is 769 g/mol. The van der Waals surface area contributed by atoms with Crippen molar-refractivity contribution < 1.29 is 18.3 Å². The highest BCUT2D eigenvalue weighted by Gasteiger charge is 2.41. The van der Waals surface area contributed by atoms with Crippen LogP contribution in [-0.4, -0.2) is 6.71 Å².